The van der Waals surface area contributed by atoms with Gasteiger partial charge in [0, 0.05) is 56.2 Å². The molecule has 1 aliphatic heterocycles. The molecule has 2 aliphatic carbocycles. The molecule has 0 unspecified atom stereocenters. The van der Waals surface area contributed by atoms with Crippen LogP contribution >= 0.6 is 0 Å². The van der Waals surface area contributed by atoms with Crippen LogP contribution in [0.4, 0.5) is 35.2 Å². The van der Waals surface area contributed by atoms with Gasteiger partial charge in [0.2, 0.25) is 0 Å². The number of nitro groups is 1. The Bertz CT molecular complexity index is 1220. The second-order valence-corrected chi connectivity index (χ2v) is 10.8. The highest BCUT2D eigenvalue weighted by atomic mass is 19.4. The zero-order valence-electron chi connectivity index (χ0n) is 22.6. The summed E-state index contributed by atoms with van der Waals surface area (Å²) in [5, 5.41) is 14.1. The van der Waals surface area contributed by atoms with Crippen LogP contribution in [0.1, 0.15) is 56.9 Å². The van der Waals surface area contributed by atoms with Crippen molar-refractivity contribution in [3.05, 3.63) is 52.2 Å². The molecule has 0 radical (unpaired) electrons. The number of aromatic nitrogens is 1. The van der Waals surface area contributed by atoms with E-state index >= 15 is 0 Å². The van der Waals surface area contributed by atoms with Gasteiger partial charge in [-0.05, 0) is 69.6 Å². The van der Waals surface area contributed by atoms with E-state index in [4.69, 9.17) is 9.47 Å². The summed E-state index contributed by atoms with van der Waals surface area (Å²) in [7, 11) is 0. The number of ether oxygens (including phenoxy) is 2. The summed E-state index contributed by atoms with van der Waals surface area (Å²) in [5.74, 6) is 1.47. The number of halogens is 3. The number of nitrogens with zero attached hydrogens (tertiary/aromatic N) is 4. The van der Waals surface area contributed by atoms with Gasteiger partial charge in [-0.25, -0.2) is 9.78 Å². The fraction of sp³-hybridized carbons (Fsp3) is 0.571. The molecular formula is C28H34F3N5O5. The summed E-state index contributed by atoms with van der Waals surface area (Å²) in [6.45, 7) is 2.42. The van der Waals surface area contributed by atoms with Crippen molar-refractivity contribution in [3.63, 3.8) is 0 Å². The van der Waals surface area contributed by atoms with Gasteiger partial charge in [-0.1, -0.05) is 0 Å². The van der Waals surface area contributed by atoms with E-state index in [-0.39, 0.29) is 30.0 Å². The molecule has 10 nitrogen and oxygen atoms in total. The first-order valence-corrected chi connectivity index (χ1v) is 14.1. The van der Waals surface area contributed by atoms with E-state index in [1.54, 1.807) is 17.2 Å². The first-order valence-electron chi connectivity index (χ1n) is 14.1. The van der Waals surface area contributed by atoms with Crippen LogP contribution in [0.2, 0.25) is 0 Å². The minimum atomic E-state index is -4.82. The van der Waals surface area contributed by atoms with Crippen LogP contribution < -0.4 is 15.0 Å². The number of amides is 1. The van der Waals surface area contributed by atoms with Gasteiger partial charge in [0.25, 0.3) is 5.69 Å². The Morgan fingerprint density at radius 1 is 0.976 bits per heavy atom. The van der Waals surface area contributed by atoms with Crippen LogP contribution in [0.5, 0.6) is 5.75 Å². The average molecular weight is 578 g/mol. The molecule has 1 aromatic heterocycles. The monoisotopic (exact) mass is 577 g/mol. The molecule has 13 heteroatoms. The maximum atomic E-state index is 13.3. The maximum absolute atomic E-state index is 13.3. The summed E-state index contributed by atoms with van der Waals surface area (Å²) >= 11 is 0. The van der Waals surface area contributed by atoms with Gasteiger partial charge in [-0.3, -0.25) is 10.1 Å². The Kier molecular flexibility index (Phi) is 8.69. The number of piperazine rings is 1. The van der Waals surface area contributed by atoms with E-state index in [1.807, 2.05) is 6.07 Å². The van der Waals surface area contributed by atoms with Gasteiger partial charge >= 0.3 is 12.3 Å². The van der Waals surface area contributed by atoms with E-state index in [9.17, 15) is 28.1 Å². The van der Waals surface area contributed by atoms with Gasteiger partial charge in [-0.2, -0.15) is 13.2 Å². The van der Waals surface area contributed by atoms with Gasteiger partial charge in [-0.15, -0.1) is 0 Å². The van der Waals surface area contributed by atoms with Gasteiger partial charge in [0.05, 0.1) is 11.0 Å². The smallest absolute Gasteiger partial charge is 0.423 e. The Morgan fingerprint density at radius 2 is 1.68 bits per heavy atom. The Labute approximate surface area is 236 Å². The molecule has 222 valence electrons. The number of rotatable bonds is 7. The molecule has 41 heavy (non-hydrogen) atoms. The number of nitro benzene ring substituents is 1. The summed E-state index contributed by atoms with van der Waals surface area (Å²) in [5.41, 5.74) is -2.01. The lowest BCUT2D eigenvalue weighted by atomic mass is 9.92. The van der Waals surface area contributed by atoms with Crippen molar-refractivity contribution in [2.45, 2.75) is 75.8 Å². The number of carbonyl (C=O) groups is 1. The summed E-state index contributed by atoms with van der Waals surface area (Å²) in [6.07, 6.45) is 3.54. The second-order valence-electron chi connectivity index (χ2n) is 10.8. The number of alkyl halides is 3. The van der Waals surface area contributed by atoms with Crippen LogP contribution in [0.15, 0.2) is 36.5 Å². The molecule has 3 fully saturated rings. The van der Waals surface area contributed by atoms with Gasteiger partial charge < -0.3 is 24.6 Å². The van der Waals surface area contributed by atoms with Crippen molar-refractivity contribution in [3.8, 4) is 5.75 Å². The van der Waals surface area contributed by atoms with Crippen LogP contribution in [-0.2, 0) is 10.9 Å². The lowest BCUT2D eigenvalue weighted by molar-refractivity contribution is -0.388. The first kappa shape index (κ1) is 28.7. The van der Waals surface area contributed by atoms with Crippen LogP contribution in [-0.4, -0.2) is 65.3 Å². The van der Waals surface area contributed by atoms with E-state index in [0.29, 0.717) is 57.6 Å². The van der Waals surface area contributed by atoms with Crippen molar-refractivity contribution < 1.29 is 32.4 Å². The predicted molar refractivity (Wildman–Crippen MR) is 145 cm³/mol. The number of anilines is 2. The molecular weight excluding hydrogens is 543 g/mol. The van der Waals surface area contributed by atoms with E-state index in [2.05, 4.69) is 15.2 Å². The lowest BCUT2D eigenvalue weighted by Gasteiger charge is -2.35. The molecule has 2 aromatic rings. The standard InChI is InChI=1S/C28H34F3N5O5/c29-28(30,31)24-17-20(7-10-25(24)36(38)39)33-19-5-8-22(9-6-19)40-23-11-12-32-26(18-23)34-13-15-35(16-14-34)27(37)41-21-3-1-2-4-21/h7,10-12,17-19,21-22,33H,1-6,8-9,13-16H2. The van der Waals surface area contributed by atoms with Gasteiger partial charge in [0.1, 0.15) is 23.2 Å². The maximum Gasteiger partial charge on any atom is 0.423 e. The minimum Gasteiger partial charge on any atom is -0.490 e. The third-order valence-corrected chi connectivity index (χ3v) is 7.99. The fourth-order valence-corrected chi connectivity index (χ4v) is 5.75. The minimum absolute atomic E-state index is 0.0476. The quantitative estimate of drug-likeness (QED) is 0.315. The third kappa shape index (κ3) is 7.31. The van der Waals surface area contributed by atoms with Crippen LogP contribution in [0, 0.1) is 10.1 Å². The molecule has 1 aromatic carbocycles. The second kappa shape index (κ2) is 12.4. The molecule has 3 aliphatic rings. The summed E-state index contributed by atoms with van der Waals surface area (Å²) in [4.78, 5) is 30.8. The molecule has 1 amide bonds. The molecule has 0 atom stereocenters. The Balaban J connectivity index is 1.09. The van der Waals surface area contributed by atoms with Crippen molar-refractivity contribution in [1.29, 1.82) is 0 Å². The third-order valence-electron chi connectivity index (χ3n) is 7.99. The number of carbonyl (C=O) groups excluding carboxylic acids is 1. The first-order chi connectivity index (χ1) is 19.7. The molecule has 5 rings (SSSR count). The number of benzene rings is 1. The normalized spacial score (nSPS) is 21.9. The van der Waals surface area contributed by atoms with Crippen molar-refractivity contribution in [2.24, 2.45) is 0 Å². The lowest BCUT2D eigenvalue weighted by Crippen LogP contribution is -2.49. The zero-order valence-corrected chi connectivity index (χ0v) is 22.6. The Morgan fingerprint density at radius 3 is 2.34 bits per heavy atom. The molecule has 0 spiro atoms. The molecule has 1 saturated heterocycles. The van der Waals surface area contributed by atoms with Gasteiger partial charge in [0.15, 0.2) is 0 Å². The predicted octanol–water partition coefficient (Wildman–Crippen LogP) is 6.01. The van der Waals surface area contributed by atoms with Crippen molar-refractivity contribution >= 4 is 23.3 Å². The SMILES string of the molecule is O=C(OC1CCCC1)N1CCN(c2cc(OC3CCC(Nc4ccc([N+](=O)[O-])c(C(F)(F)F)c4)CC3)ccn2)CC1. The van der Waals surface area contributed by atoms with E-state index in [0.717, 1.165) is 43.6 Å². The fourth-order valence-electron chi connectivity index (χ4n) is 5.75. The summed E-state index contributed by atoms with van der Waals surface area (Å²) in [6, 6.07) is 6.64. The number of pyridine rings is 1. The van der Waals surface area contributed by atoms with E-state index < -0.39 is 22.4 Å². The molecule has 2 saturated carbocycles. The largest absolute Gasteiger partial charge is 0.490 e. The highest BCUT2D eigenvalue weighted by Crippen LogP contribution is 2.38. The molecule has 1 N–H and O–H groups in total. The average Bonchev–Trinajstić information content (AvgIpc) is 3.47. The highest BCUT2D eigenvalue weighted by Gasteiger charge is 2.38. The zero-order chi connectivity index (χ0) is 29.0. The van der Waals surface area contributed by atoms with E-state index in [1.165, 1.54) is 6.07 Å². The summed E-state index contributed by atoms with van der Waals surface area (Å²) < 4.78 is 51.8. The molecule has 2 heterocycles. The number of hydrogen-bond acceptors (Lipinski definition) is 8. The number of hydrogen-bond donors (Lipinski definition) is 1. The topological polar surface area (TPSA) is 110 Å². The van der Waals surface area contributed by atoms with Crippen molar-refractivity contribution in [1.82, 2.24) is 9.88 Å². The van der Waals surface area contributed by atoms with Crippen LogP contribution in [0.3, 0.4) is 0 Å². The molecule has 0 bridgehead atoms. The van der Waals surface area contributed by atoms with Crippen molar-refractivity contribution in [2.75, 3.05) is 36.4 Å². The van der Waals surface area contributed by atoms with Crippen LogP contribution in [0.25, 0.3) is 0 Å². The highest BCUT2D eigenvalue weighted by molar-refractivity contribution is 5.68. The Hall–Kier alpha value is -3.77. The number of nitrogens with one attached hydrogen (secondary N) is 1.